The van der Waals surface area contributed by atoms with E-state index in [9.17, 15) is 8.42 Å². The number of ether oxygens (including phenoxy) is 1. The molecule has 2 unspecified atom stereocenters. The Morgan fingerprint density at radius 1 is 1.29 bits per heavy atom. The van der Waals surface area contributed by atoms with E-state index < -0.39 is 10.0 Å². The highest BCUT2D eigenvalue weighted by molar-refractivity contribution is 7.89. The van der Waals surface area contributed by atoms with Crippen molar-refractivity contribution < 1.29 is 13.2 Å². The van der Waals surface area contributed by atoms with Crippen LogP contribution in [0.4, 0.5) is 0 Å². The van der Waals surface area contributed by atoms with Crippen LogP contribution in [-0.2, 0) is 27.7 Å². The summed E-state index contributed by atoms with van der Waals surface area (Å²) in [5.41, 5.74) is 7.31. The summed E-state index contributed by atoms with van der Waals surface area (Å²) in [4.78, 5) is 0.384. The minimum Gasteiger partial charge on any atom is -0.373 e. The van der Waals surface area contributed by atoms with Gasteiger partial charge in [-0.1, -0.05) is 19.1 Å². The summed E-state index contributed by atoms with van der Waals surface area (Å²) < 4.78 is 33.1. The van der Waals surface area contributed by atoms with Gasteiger partial charge in [0.15, 0.2) is 0 Å². The number of morpholine rings is 1. The van der Waals surface area contributed by atoms with Crippen LogP contribution in [0.5, 0.6) is 0 Å². The molecule has 21 heavy (non-hydrogen) atoms. The average Bonchev–Trinajstić information content (AvgIpc) is 2.45. The SMILES string of the molecule is CCc1ccc(CN)cc1S(=O)(=O)N1CC(C)OC(C)C1. The van der Waals surface area contributed by atoms with Gasteiger partial charge >= 0.3 is 0 Å². The normalized spacial score (nSPS) is 24.2. The first-order chi connectivity index (χ1) is 9.88. The van der Waals surface area contributed by atoms with Gasteiger partial charge < -0.3 is 10.5 Å². The summed E-state index contributed by atoms with van der Waals surface area (Å²) in [7, 11) is -3.51. The summed E-state index contributed by atoms with van der Waals surface area (Å²) in [6.45, 7) is 6.87. The molecule has 1 aliphatic rings. The highest BCUT2D eigenvalue weighted by Crippen LogP contribution is 2.25. The number of rotatable bonds is 4. The number of aryl methyl sites for hydroxylation is 1. The number of nitrogens with zero attached hydrogens (tertiary/aromatic N) is 1. The zero-order chi connectivity index (χ0) is 15.6. The third-order valence-corrected chi connectivity index (χ3v) is 5.67. The summed E-state index contributed by atoms with van der Waals surface area (Å²) >= 11 is 0. The molecule has 0 spiro atoms. The van der Waals surface area contributed by atoms with Gasteiger partial charge in [0, 0.05) is 19.6 Å². The fraction of sp³-hybridized carbons (Fsp3) is 0.600. The van der Waals surface area contributed by atoms with E-state index in [1.54, 1.807) is 6.07 Å². The molecule has 2 rings (SSSR count). The fourth-order valence-electron chi connectivity index (χ4n) is 2.72. The molecule has 118 valence electrons. The van der Waals surface area contributed by atoms with Crippen molar-refractivity contribution in [2.75, 3.05) is 13.1 Å². The van der Waals surface area contributed by atoms with Gasteiger partial charge in [-0.05, 0) is 37.5 Å². The van der Waals surface area contributed by atoms with E-state index in [1.807, 2.05) is 32.9 Å². The Balaban J connectivity index is 2.43. The van der Waals surface area contributed by atoms with Crippen LogP contribution in [0, 0.1) is 0 Å². The van der Waals surface area contributed by atoms with Crippen LogP contribution < -0.4 is 5.73 Å². The predicted molar refractivity (Wildman–Crippen MR) is 82.5 cm³/mol. The molecule has 0 amide bonds. The minimum atomic E-state index is -3.51. The van der Waals surface area contributed by atoms with E-state index in [2.05, 4.69) is 0 Å². The van der Waals surface area contributed by atoms with E-state index in [4.69, 9.17) is 10.5 Å². The molecule has 1 saturated heterocycles. The number of nitrogens with two attached hydrogens (primary N) is 1. The van der Waals surface area contributed by atoms with Gasteiger partial charge in [0.1, 0.15) is 0 Å². The van der Waals surface area contributed by atoms with Gasteiger partial charge in [0.25, 0.3) is 0 Å². The third kappa shape index (κ3) is 3.45. The Morgan fingerprint density at radius 2 is 1.90 bits per heavy atom. The van der Waals surface area contributed by atoms with E-state index in [0.717, 1.165) is 11.1 Å². The summed E-state index contributed by atoms with van der Waals surface area (Å²) in [6, 6.07) is 5.46. The highest BCUT2D eigenvalue weighted by Gasteiger charge is 2.33. The van der Waals surface area contributed by atoms with Gasteiger partial charge in [0.2, 0.25) is 10.0 Å². The largest absolute Gasteiger partial charge is 0.373 e. The van der Waals surface area contributed by atoms with Crippen molar-refractivity contribution >= 4 is 10.0 Å². The first-order valence-electron chi connectivity index (χ1n) is 7.36. The van der Waals surface area contributed by atoms with Gasteiger partial charge in [-0.2, -0.15) is 4.31 Å². The number of hydrogen-bond donors (Lipinski definition) is 1. The van der Waals surface area contributed by atoms with Crippen molar-refractivity contribution in [3.8, 4) is 0 Å². The van der Waals surface area contributed by atoms with Crippen LogP contribution in [0.25, 0.3) is 0 Å². The van der Waals surface area contributed by atoms with Crippen LogP contribution in [-0.4, -0.2) is 38.0 Å². The Hall–Kier alpha value is -0.950. The fourth-order valence-corrected chi connectivity index (χ4v) is 4.66. The molecule has 1 heterocycles. The number of hydrogen-bond acceptors (Lipinski definition) is 4. The zero-order valence-corrected chi connectivity index (χ0v) is 13.7. The predicted octanol–water partition coefficient (Wildman–Crippen LogP) is 1.51. The first-order valence-corrected chi connectivity index (χ1v) is 8.80. The van der Waals surface area contributed by atoms with Gasteiger partial charge in [-0.25, -0.2) is 8.42 Å². The van der Waals surface area contributed by atoms with Gasteiger partial charge in [-0.3, -0.25) is 0 Å². The maximum atomic E-state index is 13.0. The van der Waals surface area contributed by atoms with Crippen molar-refractivity contribution in [3.05, 3.63) is 29.3 Å². The van der Waals surface area contributed by atoms with E-state index in [-0.39, 0.29) is 12.2 Å². The molecular weight excluding hydrogens is 288 g/mol. The lowest BCUT2D eigenvalue weighted by Crippen LogP contribution is -2.48. The van der Waals surface area contributed by atoms with Crippen molar-refractivity contribution in [3.63, 3.8) is 0 Å². The lowest BCUT2D eigenvalue weighted by molar-refractivity contribution is -0.0441. The van der Waals surface area contributed by atoms with Crippen molar-refractivity contribution in [1.29, 1.82) is 0 Å². The molecule has 0 aliphatic carbocycles. The van der Waals surface area contributed by atoms with Crippen molar-refractivity contribution in [1.82, 2.24) is 4.31 Å². The Kier molecular flexibility index (Phi) is 5.03. The molecule has 1 aromatic rings. The molecule has 0 saturated carbocycles. The maximum Gasteiger partial charge on any atom is 0.243 e. The summed E-state index contributed by atoms with van der Waals surface area (Å²) in [5, 5.41) is 0. The zero-order valence-electron chi connectivity index (χ0n) is 12.9. The van der Waals surface area contributed by atoms with Crippen LogP contribution in [0.1, 0.15) is 31.9 Å². The second-order valence-corrected chi connectivity index (χ2v) is 7.49. The molecule has 2 atom stereocenters. The van der Waals surface area contributed by atoms with Crippen LogP contribution in [0.3, 0.4) is 0 Å². The molecule has 1 aliphatic heterocycles. The Bertz CT molecular complexity index is 591. The standard InChI is InChI=1S/C15H24N2O3S/c1-4-14-6-5-13(8-16)7-15(14)21(18,19)17-9-11(2)20-12(3)10-17/h5-7,11-12H,4,8-10,16H2,1-3H3. The molecule has 0 bridgehead atoms. The maximum absolute atomic E-state index is 13.0. The highest BCUT2D eigenvalue weighted by atomic mass is 32.2. The molecular formula is C15H24N2O3S. The van der Waals surface area contributed by atoms with Gasteiger partial charge in [-0.15, -0.1) is 0 Å². The van der Waals surface area contributed by atoms with Gasteiger partial charge in [0.05, 0.1) is 17.1 Å². The van der Waals surface area contributed by atoms with Crippen molar-refractivity contribution in [2.24, 2.45) is 5.73 Å². The smallest absolute Gasteiger partial charge is 0.243 e. The monoisotopic (exact) mass is 312 g/mol. The summed E-state index contributed by atoms with van der Waals surface area (Å²) in [5.74, 6) is 0. The lowest BCUT2D eigenvalue weighted by Gasteiger charge is -2.34. The summed E-state index contributed by atoms with van der Waals surface area (Å²) in [6.07, 6.45) is 0.493. The van der Waals surface area contributed by atoms with E-state index >= 15 is 0 Å². The first kappa shape index (κ1) is 16.4. The van der Waals surface area contributed by atoms with Crippen LogP contribution >= 0.6 is 0 Å². The van der Waals surface area contributed by atoms with E-state index in [0.29, 0.717) is 31.0 Å². The topological polar surface area (TPSA) is 72.6 Å². The number of benzene rings is 1. The second-order valence-electron chi connectivity index (χ2n) is 5.58. The second kappa shape index (κ2) is 6.44. The third-order valence-electron chi connectivity index (χ3n) is 3.75. The number of sulfonamides is 1. The molecule has 0 radical (unpaired) electrons. The van der Waals surface area contributed by atoms with Crippen LogP contribution in [0.2, 0.25) is 0 Å². The lowest BCUT2D eigenvalue weighted by atomic mass is 10.1. The Labute approximate surface area is 127 Å². The molecule has 5 nitrogen and oxygen atoms in total. The molecule has 0 aromatic heterocycles. The average molecular weight is 312 g/mol. The Morgan fingerprint density at radius 3 is 2.43 bits per heavy atom. The quantitative estimate of drug-likeness (QED) is 0.914. The molecule has 6 heteroatoms. The molecule has 2 N–H and O–H groups in total. The van der Waals surface area contributed by atoms with Crippen LogP contribution in [0.15, 0.2) is 23.1 Å². The molecule has 1 fully saturated rings. The van der Waals surface area contributed by atoms with Crippen molar-refractivity contribution in [2.45, 2.75) is 50.8 Å². The van der Waals surface area contributed by atoms with E-state index in [1.165, 1.54) is 4.31 Å². The molecule has 1 aromatic carbocycles. The minimum absolute atomic E-state index is 0.0914.